The molecule has 0 spiro atoms. The molecule has 0 aliphatic carbocycles. The topological polar surface area (TPSA) is 49.8 Å². The predicted octanol–water partition coefficient (Wildman–Crippen LogP) is 1.68. The Morgan fingerprint density at radius 1 is 1.57 bits per heavy atom. The Kier molecular flexibility index (Phi) is 3.33. The molecule has 0 aromatic heterocycles. The van der Waals surface area contributed by atoms with Crippen molar-refractivity contribution < 1.29 is 14.7 Å². The molecule has 0 radical (unpaired) electrons. The molecular formula is C9H10ClNO3. The van der Waals surface area contributed by atoms with Crippen molar-refractivity contribution in [3.05, 3.63) is 28.8 Å². The van der Waals surface area contributed by atoms with Gasteiger partial charge < -0.3 is 5.11 Å². The quantitative estimate of drug-likeness (QED) is 0.764. The summed E-state index contributed by atoms with van der Waals surface area (Å²) in [6, 6.07) is 4.27. The van der Waals surface area contributed by atoms with E-state index in [0.29, 0.717) is 5.02 Å². The van der Waals surface area contributed by atoms with Crippen LogP contribution in [0, 0.1) is 0 Å². The monoisotopic (exact) mass is 215 g/mol. The largest absolute Gasteiger partial charge is 0.507 e. The lowest BCUT2D eigenvalue weighted by Crippen LogP contribution is -2.25. The third kappa shape index (κ3) is 2.16. The maximum Gasteiger partial charge on any atom is 0.280 e. The van der Waals surface area contributed by atoms with Gasteiger partial charge in [-0.15, -0.1) is 0 Å². The fourth-order valence-corrected chi connectivity index (χ4v) is 1.10. The lowest BCUT2D eigenvalue weighted by atomic mass is 10.2. The van der Waals surface area contributed by atoms with Gasteiger partial charge in [-0.2, -0.15) is 0 Å². The molecular weight excluding hydrogens is 206 g/mol. The van der Waals surface area contributed by atoms with Crippen molar-refractivity contribution in [2.45, 2.75) is 0 Å². The van der Waals surface area contributed by atoms with Gasteiger partial charge in [0, 0.05) is 12.1 Å². The van der Waals surface area contributed by atoms with Crippen LogP contribution in [-0.4, -0.2) is 30.2 Å². The highest BCUT2D eigenvalue weighted by Gasteiger charge is 2.15. The molecule has 0 heterocycles. The Hall–Kier alpha value is -1.26. The lowest BCUT2D eigenvalue weighted by Gasteiger charge is -2.14. The molecule has 0 saturated carbocycles. The number of amides is 1. The number of carbonyl (C=O) groups excluding carboxylic acids is 1. The van der Waals surface area contributed by atoms with Gasteiger partial charge in [0.25, 0.3) is 5.91 Å². The summed E-state index contributed by atoms with van der Waals surface area (Å²) < 4.78 is 0. The van der Waals surface area contributed by atoms with E-state index >= 15 is 0 Å². The summed E-state index contributed by atoms with van der Waals surface area (Å²) in [6.07, 6.45) is 0. The fourth-order valence-electron chi connectivity index (χ4n) is 0.938. The van der Waals surface area contributed by atoms with E-state index in [2.05, 4.69) is 0 Å². The molecule has 1 aromatic carbocycles. The summed E-state index contributed by atoms with van der Waals surface area (Å²) in [5, 5.41) is 10.8. The molecule has 1 N–H and O–H groups in total. The summed E-state index contributed by atoms with van der Waals surface area (Å²) >= 11 is 5.62. The van der Waals surface area contributed by atoms with Crippen LogP contribution in [0.4, 0.5) is 0 Å². The van der Waals surface area contributed by atoms with Gasteiger partial charge in [-0.05, 0) is 18.2 Å². The zero-order valence-electron chi connectivity index (χ0n) is 7.82. The Labute approximate surface area is 86.6 Å². The Morgan fingerprint density at radius 2 is 2.21 bits per heavy atom. The van der Waals surface area contributed by atoms with Gasteiger partial charge in [0.15, 0.2) is 0 Å². The zero-order valence-corrected chi connectivity index (χ0v) is 8.58. The molecule has 0 atom stereocenters. The van der Waals surface area contributed by atoms with E-state index in [0.717, 1.165) is 5.06 Å². The summed E-state index contributed by atoms with van der Waals surface area (Å²) in [4.78, 5) is 16.2. The minimum absolute atomic E-state index is 0.152. The van der Waals surface area contributed by atoms with Crippen LogP contribution in [0.2, 0.25) is 5.02 Å². The minimum atomic E-state index is -0.429. The summed E-state index contributed by atoms with van der Waals surface area (Å²) in [7, 11) is 2.82. The molecule has 14 heavy (non-hydrogen) atoms. The van der Waals surface area contributed by atoms with Crippen molar-refractivity contribution >= 4 is 17.5 Å². The molecule has 0 fully saturated rings. The first-order chi connectivity index (χ1) is 6.56. The number of carbonyl (C=O) groups is 1. The number of halogens is 1. The average Bonchev–Trinajstić information content (AvgIpc) is 2.15. The molecule has 0 unspecified atom stereocenters. The minimum Gasteiger partial charge on any atom is -0.507 e. The van der Waals surface area contributed by atoms with Crippen molar-refractivity contribution in [3.8, 4) is 5.75 Å². The van der Waals surface area contributed by atoms with Crippen molar-refractivity contribution in [2.75, 3.05) is 14.2 Å². The van der Waals surface area contributed by atoms with E-state index in [-0.39, 0.29) is 11.3 Å². The molecule has 0 aliphatic heterocycles. The maximum absolute atomic E-state index is 11.5. The van der Waals surface area contributed by atoms with Gasteiger partial charge in [0.05, 0.1) is 12.7 Å². The zero-order chi connectivity index (χ0) is 10.7. The van der Waals surface area contributed by atoms with Crippen molar-refractivity contribution in [1.29, 1.82) is 0 Å². The van der Waals surface area contributed by atoms with Crippen LogP contribution < -0.4 is 0 Å². The van der Waals surface area contributed by atoms with E-state index in [1.807, 2.05) is 0 Å². The number of aromatic hydroxyl groups is 1. The third-order valence-corrected chi connectivity index (χ3v) is 1.99. The smallest absolute Gasteiger partial charge is 0.280 e. The van der Waals surface area contributed by atoms with Gasteiger partial charge >= 0.3 is 0 Å². The average molecular weight is 216 g/mol. The number of nitrogens with zero attached hydrogens (tertiary/aromatic N) is 1. The first-order valence-electron chi connectivity index (χ1n) is 3.87. The third-order valence-electron chi connectivity index (χ3n) is 1.75. The van der Waals surface area contributed by atoms with Crippen molar-refractivity contribution in [1.82, 2.24) is 5.06 Å². The van der Waals surface area contributed by atoms with Crippen LogP contribution in [0.25, 0.3) is 0 Å². The standard InChI is InChI=1S/C9H10ClNO3/c1-11(14-2)9(13)7-4-3-6(10)5-8(7)12/h3-5,12H,1-2H3. The first-order valence-corrected chi connectivity index (χ1v) is 4.24. The van der Waals surface area contributed by atoms with Gasteiger partial charge in [0.1, 0.15) is 5.75 Å². The van der Waals surface area contributed by atoms with Gasteiger partial charge in [-0.25, -0.2) is 5.06 Å². The highest BCUT2D eigenvalue weighted by molar-refractivity contribution is 6.30. The number of rotatable bonds is 2. The van der Waals surface area contributed by atoms with Crippen LogP contribution >= 0.6 is 11.6 Å². The van der Waals surface area contributed by atoms with Gasteiger partial charge in [-0.3, -0.25) is 9.63 Å². The van der Waals surface area contributed by atoms with Crippen LogP contribution in [0.1, 0.15) is 10.4 Å². The molecule has 4 nitrogen and oxygen atoms in total. The molecule has 5 heteroatoms. The second-order valence-electron chi connectivity index (χ2n) is 2.65. The van der Waals surface area contributed by atoms with Gasteiger partial charge in [-0.1, -0.05) is 11.6 Å². The highest BCUT2D eigenvalue weighted by Crippen LogP contribution is 2.22. The summed E-state index contributed by atoms with van der Waals surface area (Å²) in [5.41, 5.74) is 0.152. The number of phenolic OH excluding ortho intramolecular Hbond substituents is 1. The maximum atomic E-state index is 11.5. The van der Waals surface area contributed by atoms with Crippen LogP contribution in [0.5, 0.6) is 5.75 Å². The molecule has 76 valence electrons. The normalized spacial score (nSPS) is 9.93. The lowest BCUT2D eigenvalue weighted by molar-refractivity contribution is -0.0758. The number of hydrogen-bond acceptors (Lipinski definition) is 3. The Balaban J connectivity index is 3.02. The second kappa shape index (κ2) is 4.30. The van der Waals surface area contributed by atoms with E-state index in [4.69, 9.17) is 16.4 Å². The number of hydrogen-bond donors (Lipinski definition) is 1. The molecule has 1 rings (SSSR count). The van der Waals surface area contributed by atoms with Crippen LogP contribution in [-0.2, 0) is 4.84 Å². The van der Waals surface area contributed by atoms with Crippen LogP contribution in [0.15, 0.2) is 18.2 Å². The van der Waals surface area contributed by atoms with Crippen molar-refractivity contribution in [2.24, 2.45) is 0 Å². The first kappa shape index (κ1) is 10.8. The SMILES string of the molecule is CON(C)C(=O)c1ccc(Cl)cc1O. The Bertz CT molecular complexity index is 354. The van der Waals surface area contributed by atoms with Crippen molar-refractivity contribution in [3.63, 3.8) is 0 Å². The summed E-state index contributed by atoms with van der Waals surface area (Å²) in [6.45, 7) is 0. The van der Waals surface area contributed by atoms with E-state index < -0.39 is 5.91 Å². The number of hydroxylamine groups is 2. The molecule has 0 saturated heterocycles. The van der Waals surface area contributed by atoms with E-state index in [1.54, 1.807) is 0 Å². The van der Waals surface area contributed by atoms with E-state index in [1.165, 1.54) is 32.4 Å². The molecule has 1 amide bonds. The van der Waals surface area contributed by atoms with Gasteiger partial charge in [0.2, 0.25) is 0 Å². The molecule has 1 aromatic rings. The predicted molar refractivity (Wildman–Crippen MR) is 52.2 cm³/mol. The Morgan fingerprint density at radius 3 is 2.71 bits per heavy atom. The molecule has 0 aliphatic rings. The fraction of sp³-hybridized carbons (Fsp3) is 0.222. The van der Waals surface area contributed by atoms with Crippen LogP contribution in [0.3, 0.4) is 0 Å². The highest BCUT2D eigenvalue weighted by atomic mass is 35.5. The number of benzene rings is 1. The second-order valence-corrected chi connectivity index (χ2v) is 3.08. The summed E-state index contributed by atoms with van der Waals surface area (Å²) in [5.74, 6) is -0.590. The number of phenols is 1. The van der Waals surface area contributed by atoms with E-state index in [9.17, 15) is 9.90 Å². The molecule has 0 bridgehead atoms.